The minimum atomic E-state index is -1.88. The summed E-state index contributed by atoms with van der Waals surface area (Å²) < 4.78 is 21.1. The summed E-state index contributed by atoms with van der Waals surface area (Å²) in [5.74, 6) is -2.11. The van der Waals surface area contributed by atoms with E-state index in [0.29, 0.717) is 5.56 Å². The first-order valence-electron chi connectivity index (χ1n) is 11.4. The van der Waals surface area contributed by atoms with Crippen LogP contribution in [0.3, 0.4) is 0 Å². The maximum Gasteiger partial charge on any atom is 0.338 e. The number of rotatable bonds is 7. The number of benzene rings is 3. The first kappa shape index (κ1) is 26.1. The van der Waals surface area contributed by atoms with Crippen molar-refractivity contribution >= 4 is 33.8 Å². The van der Waals surface area contributed by atoms with Crippen molar-refractivity contribution in [2.75, 3.05) is 0 Å². The van der Waals surface area contributed by atoms with E-state index < -0.39 is 46.8 Å². The number of hydrogen-bond acceptors (Lipinski definition) is 8. The summed E-state index contributed by atoms with van der Waals surface area (Å²) in [5, 5.41) is 9.95. The molecule has 188 valence electrons. The molecule has 0 spiro atoms. The molecule has 0 N–H and O–H groups in total. The Morgan fingerprint density at radius 2 is 1.24 bits per heavy atom. The number of esters is 3. The average molecular weight is 564 g/mol. The molecule has 1 fully saturated rings. The van der Waals surface area contributed by atoms with Crippen LogP contribution in [0.2, 0.25) is 0 Å². The SMILES string of the molecule is CC(OC(=O)c1ccccc1)C1OC(Br)(C#N)C(OC(=O)c2ccccc2)C1OC(=O)c1ccccc1. The smallest absolute Gasteiger partial charge is 0.338 e. The zero-order chi connectivity index (χ0) is 26.4. The number of nitriles is 1. The summed E-state index contributed by atoms with van der Waals surface area (Å²) in [6, 6.07) is 26.6. The number of hydrogen-bond donors (Lipinski definition) is 0. The van der Waals surface area contributed by atoms with Gasteiger partial charge in [0.2, 0.25) is 0 Å². The topological polar surface area (TPSA) is 112 Å². The van der Waals surface area contributed by atoms with Gasteiger partial charge in [-0.15, -0.1) is 0 Å². The van der Waals surface area contributed by atoms with Crippen molar-refractivity contribution in [3.8, 4) is 6.07 Å². The number of halogens is 1. The molecule has 5 atom stereocenters. The van der Waals surface area contributed by atoms with Crippen LogP contribution < -0.4 is 0 Å². The summed E-state index contributed by atoms with van der Waals surface area (Å²) in [5.41, 5.74) is 0.783. The molecule has 4 rings (SSSR count). The van der Waals surface area contributed by atoms with E-state index in [9.17, 15) is 19.6 Å². The van der Waals surface area contributed by atoms with Crippen molar-refractivity contribution in [3.05, 3.63) is 108 Å². The number of carbonyl (C=O) groups is 3. The second-order valence-electron chi connectivity index (χ2n) is 8.24. The molecular formula is C28H22BrNO7. The highest BCUT2D eigenvalue weighted by Gasteiger charge is 2.61. The van der Waals surface area contributed by atoms with Crippen molar-refractivity contribution in [2.24, 2.45) is 0 Å². The molecule has 0 bridgehead atoms. The fraction of sp³-hybridized carbons (Fsp3) is 0.214. The Bertz CT molecular complexity index is 1300. The maximum absolute atomic E-state index is 13.0. The van der Waals surface area contributed by atoms with Crippen molar-refractivity contribution in [2.45, 2.75) is 35.8 Å². The van der Waals surface area contributed by atoms with Gasteiger partial charge in [0, 0.05) is 0 Å². The minimum Gasteiger partial charge on any atom is -0.456 e. The highest BCUT2D eigenvalue weighted by atomic mass is 79.9. The normalized spacial score (nSPS) is 23.3. The van der Waals surface area contributed by atoms with Gasteiger partial charge in [-0.05, 0) is 59.3 Å². The van der Waals surface area contributed by atoms with E-state index in [1.807, 2.05) is 6.07 Å². The summed E-state index contributed by atoms with van der Waals surface area (Å²) >= 11 is 3.23. The minimum absolute atomic E-state index is 0.232. The molecule has 5 unspecified atom stereocenters. The standard InChI is InChI=1S/C28H22BrNO7/c1-18(34-25(31)19-11-5-2-6-12-19)22-23(35-26(32)20-13-7-3-8-14-20)24(28(29,17-30)37-22)36-27(33)21-15-9-4-10-16-21/h2-16,18,22-24H,1H3. The molecule has 0 saturated carbocycles. The van der Waals surface area contributed by atoms with Gasteiger partial charge in [-0.3, -0.25) is 0 Å². The van der Waals surface area contributed by atoms with E-state index >= 15 is 0 Å². The summed E-state index contributed by atoms with van der Waals surface area (Å²) in [4.78, 5) is 38.6. The molecule has 3 aromatic rings. The third kappa shape index (κ3) is 5.88. The Hall–Kier alpha value is -4.00. The second kappa shape index (κ2) is 11.4. The van der Waals surface area contributed by atoms with Gasteiger partial charge in [0.25, 0.3) is 4.51 Å². The van der Waals surface area contributed by atoms with Crippen LogP contribution in [0.25, 0.3) is 0 Å². The van der Waals surface area contributed by atoms with Gasteiger partial charge >= 0.3 is 17.9 Å². The van der Waals surface area contributed by atoms with Gasteiger partial charge in [-0.1, -0.05) is 54.6 Å². The van der Waals surface area contributed by atoms with E-state index in [4.69, 9.17) is 18.9 Å². The summed E-state index contributed by atoms with van der Waals surface area (Å²) in [6.07, 6.45) is -4.82. The van der Waals surface area contributed by atoms with Crippen LogP contribution in [0.4, 0.5) is 0 Å². The molecule has 0 amide bonds. The number of ether oxygens (including phenoxy) is 4. The van der Waals surface area contributed by atoms with Crippen LogP contribution in [0.5, 0.6) is 0 Å². The van der Waals surface area contributed by atoms with Gasteiger partial charge in [0.15, 0.2) is 12.2 Å². The summed E-state index contributed by atoms with van der Waals surface area (Å²) in [6.45, 7) is 1.54. The predicted octanol–water partition coefficient (Wildman–Crippen LogP) is 4.70. The third-order valence-electron chi connectivity index (χ3n) is 5.71. The Morgan fingerprint density at radius 1 is 0.811 bits per heavy atom. The molecule has 0 aliphatic carbocycles. The van der Waals surface area contributed by atoms with Gasteiger partial charge in [-0.25, -0.2) is 14.4 Å². The molecule has 1 saturated heterocycles. The monoisotopic (exact) mass is 563 g/mol. The Morgan fingerprint density at radius 3 is 1.70 bits per heavy atom. The lowest BCUT2D eigenvalue weighted by molar-refractivity contribution is -0.0719. The molecule has 1 aliphatic rings. The van der Waals surface area contributed by atoms with Gasteiger partial charge in [-0.2, -0.15) is 5.26 Å². The van der Waals surface area contributed by atoms with E-state index in [2.05, 4.69) is 15.9 Å². The van der Waals surface area contributed by atoms with Crippen molar-refractivity contribution in [1.82, 2.24) is 0 Å². The lowest BCUT2D eigenvalue weighted by Crippen LogP contribution is -2.46. The lowest BCUT2D eigenvalue weighted by Gasteiger charge is -2.27. The Kier molecular flexibility index (Phi) is 8.01. The molecule has 3 aromatic carbocycles. The average Bonchev–Trinajstić information content (AvgIpc) is 3.21. The van der Waals surface area contributed by atoms with Gasteiger partial charge in [0.1, 0.15) is 18.3 Å². The van der Waals surface area contributed by atoms with E-state index in [1.165, 1.54) is 0 Å². The maximum atomic E-state index is 13.0. The highest BCUT2D eigenvalue weighted by molar-refractivity contribution is 9.10. The highest BCUT2D eigenvalue weighted by Crippen LogP contribution is 2.42. The van der Waals surface area contributed by atoms with Crippen LogP contribution in [-0.2, 0) is 18.9 Å². The van der Waals surface area contributed by atoms with Crippen molar-refractivity contribution in [3.63, 3.8) is 0 Å². The van der Waals surface area contributed by atoms with Crippen LogP contribution in [0, 0.1) is 11.3 Å². The zero-order valence-electron chi connectivity index (χ0n) is 19.7. The fourth-order valence-electron chi connectivity index (χ4n) is 3.84. The van der Waals surface area contributed by atoms with E-state index in [0.717, 1.165) is 0 Å². The van der Waals surface area contributed by atoms with E-state index in [-0.39, 0.29) is 11.1 Å². The van der Waals surface area contributed by atoms with Gasteiger partial charge in [0.05, 0.1) is 16.7 Å². The number of alkyl halides is 1. The fourth-order valence-corrected chi connectivity index (χ4v) is 4.41. The van der Waals surface area contributed by atoms with Crippen molar-refractivity contribution < 1.29 is 33.3 Å². The molecule has 0 radical (unpaired) electrons. The molecule has 37 heavy (non-hydrogen) atoms. The molecule has 1 heterocycles. The summed E-state index contributed by atoms with van der Waals surface area (Å²) in [7, 11) is 0. The van der Waals surface area contributed by atoms with Crippen LogP contribution >= 0.6 is 15.9 Å². The first-order chi connectivity index (χ1) is 17.8. The predicted molar refractivity (Wildman–Crippen MR) is 135 cm³/mol. The van der Waals surface area contributed by atoms with Crippen LogP contribution in [0.1, 0.15) is 38.0 Å². The lowest BCUT2D eigenvalue weighted by atomic mass is 10.0. The first-order valence-corrected chi connectivity index (χ1v) is 12.2. The Labute approximate surface area is 221 Å². The zero-order valence-corrected chi connectivity index (χ0v) is 21.2. The number of nitrogens with zero attached hydrogens (tertiary/aromatic N) is 1. The largest absolute Gasteiger partial charge is 0.456 e. The van der Waals surface area contributed by atoms with Crippen LogP contribution in [0.15, 0.2) is 91.0 Å². The quantitative estimate of drug-likeness (QED) is 0.231. The molecule has 1 aliphatic heterocycles. The van der Waals surface area contributed by atoms with E-state index in [1.54, 1.807) is 97.9 Å². The second-order valence-corrected chi connectivity index (χ2v) is 9.42. The Balaban J connectivity index is 1.64. The van der Waals surface area contributed by atoms with Crippen LogP contribution in [-0.4, -0.2) is 46.8 Å². The van der Waals surface area contributed by atoms with Crippen molar-refractivity contribution in [1.29, 1.82) is 5.26 Å². The molecule has 8 nitrogen and oxygen atoms in total. The third-order valence-corrected chi connectivity index (χ3v) is 6.52. The van der Waals surface area contributed by atoms with Gasteiger partial charge < -0.3 is 18.9 Å². The molecule has 0 aromatic heterocycles. The molecule has 9 heteroatoms. The number of carbonyl (C=O) groups excluding carboxylic acids is 3. The molecular weight excluding hydrogens is 542 g/mol.